The topological polar surface area (TPSA) is 94.7 Å². The molecule has 134 valence electrons. The van der Waals surface area contributed by atoms with Crippen molar-refractivity contribution in [2.45, 2.75) is 31.3 Å². The number of amides is 1. The van der Waals surface area contributed by atoms with E-state index in [9.17, 15) is 4.79 Å². The van der Waals surface area contributed by atoms with Gasteiger partial charge in [-0.3, -0.25) is 9.78 Å². The second kappa shape index (κ2) is 7.63. The predicted molar refractivity (Wildman–Crippen MR) is 99.1 cm³/mol. The molecule has 7 heteroatoms. The molecule has 1 aliphatic rings. The Kier molecular flexibility index (Phi) is 4.90. The number of aromatic amines is 1. The number of aryl methyl sites for hydroxylation is 1. The van der Waals surface area contributed by atoms with E-state index in [0.29, 0.717) is 13.0 Å². The van der Waals surface area contributed by atoms with Crippen LogP contribution in [0.3, 0.4) is 0 Å². The fraction of sp³-hybridized carbons (Fsp3) is 0.316. The van der Waals surface area contributed by atoms with Crippen molar-refractivity contribution in [2.75, 3.05) is 6.54 Å². The molecular formula is C19H22N6O. The van der Waals surface area contributed by atoms with Crippen LogP contribution in [0.1, 0.15) is 30.3 Å². The molecule has 1 fully saturated rings. The number of imidazole rings is 1. The third-order valence-corrected chi connectivity index (χ3v) is 4.63. The molecule has 0 spiro atoms. The quantitative estimate of drug-likeness (QED) is 0.507. The predicted octanol–water partition coefficient (Wildman–Crippen LogP) is 1.61. The Morgan fingerprint density at radius 3 is 2.96 bits per heavy atom. The number of hydrogen-bond donors (Lipinski definition) is 4. The molecule has 3 aromatic rings. The highest BCUT2D eigenvalue weighted by molar-refractivity contribution is 5.82. The number of hydrogen-bond acceptors (Lipinski definition) is 5. The summed E-state index contributed by atoms with van der Waals surface area (Å²) in [7, 11) is 0. The molecule has 1 aliphatic heterocycles. The summed E-state index contributed by atoms with van der Waals surface area (Å²) in [6, 6.07) is 11.8. The summed E-state index contributed by atoms with van der Waals surface area (Å²) in [4.78, 5) is 24.3. The summed E-state index contributed by atoms with van der Waals surface area (Å²) in [5.74, 6) is 0.978. The molecule has 1 saturated heterocycles. The van der Waals surface area contributed by atoms with Gasteiger partial charge < -0.3 is 10.3 Å². The molecule has 4 rings (SSSR count). The van der Waals surface area contributed by atoms with E-state index in [1.165, 1.54) is 0 Å². The molecule has 26 heavy (non-hydrogen) atoms. The van der Waals surface area contributed by atoms with E-state index in [4.69, 9.17) is 0 Å². The van der Waals surface area contributed by atoms with Crippen molar-refractivity contribution >= 4 is 16.9 Å². The Balaban J connectivity index is 1.22. The summed E-state index contributed by atoms with van der Waals surface area (Å²) in [6.45, 7) is 0.631. The van der Waals surface area contributed by atoms with E-state index in [1.807, 2.05) is 42.6 Å². The van der Waals surface area contributed by atoms with Crippen LogP contribution < -0.4 is 16.2 Å². The highest BCUT2D eigenvalue weighted by atomic mass is 16.2. The zero-order valence-corrected chi connectivity index (χ0v) is 14.4. The lowest BCUT2D eigenvalue weighted by Gasteiger charge is -2.10. The highest BCUT2D eigenvalue weighted by Gasteiger charge is 2.29. The summed E-state index contributed by atoms with van der Waals surface area (Å²) in [5.41, 5.74) is 9.36. The lowest BCUT2D eigenvalue weighted by Crippen LogP contribution is -2.43. The molecule has 2 atom stereocenters. The molecule has 1 amide bonds. The Labute approximate surface area is 151 Å². The van der Waals surface area contributed by atoms with Crippen molar-refractivity contribution in [3.63, 3.8) is 0 Å². The Morgan fingerprint density at radius 2 is 2.12 bits per heavy atom. The number of fused-ring (bicyclic) bond motifs is 1. The second-order valence-electron chi connectivity index (χ2n) is 6.51. The van der Waals surface area contributed by atoms with Gasteiger partial charge >= 0.3 is 0 Å². The van der Waals surface area contributed by atoms with Crippen molar-refractivity contribution < 1.29 is 4.79 Å². The maximum Gasteiger partial charge on any atom is 0.238 e. The van der Waals surface area contributed by atoms with Gasteiger partial charge in [0.15, 0.2) is 0 Å². The van der Waals surface area contributed by atoms with Gasteiger partial charge in [0.2, 0.25) is 5.91 Å². The van der Waals surface area contributed by atoms with Gasteiger partial charge in [-0.2, -0.15) is 0 Å². The van der Waals surface area contributed by atoms with Gasteiger partial charge in [-0.25, -0.2) is 15.8 Å². The number of hydrazine groups is 1. The molecule has 0 aliphatic carbocycles. The first-order valence-corrected chi connectivity index (χ1v) is 8.92. The van der Waals surface area contributed by atoms with E-state index < -0.39 is 0 Å². The number of nitrogens with zero attached hydrogens (tertiary/aromatic N) is 2. The monoisotopic (exact) mass is 350 g/mol. The standard InChI is InChI=1S/C19H22N6O/c26-19(17-11-16(24-25-17)13-5-3-9-20-12-13)21-10-4-8-18-22-14-6-1-2-7-15(14)23-18/h1-3,5-7,9,12,16-17,24-25H,4,8,10-11H2,(H,21,26)(H,22,23). The number of aromatic nitrogens is 3. The number of nitrogens with one attached hydrogen (secondary N) is 4. The van der Waals surface area contributed by atoms with Crippen LogP contribution in [0.25, 0.3) is 11.0 Å². The Morgan fingerprint density at radius 1 is 1.19 bits per heavy atom. The van der Waals surface area contributed by atoms with Crippen LogP contribution in [0.4, 0.5) is 0 Å². The number of pyridine rings is 1. The van der Waals surface area contributed by atoms with Crippen LogP contribution in [0.15, 0.2) is 48.8 Å². The summed E-state index contributed by atoms with van der Waals surface area (Å²) in [5, 5.41) is 3.00. The van der Waals surface area contributed by atoms with Crippen LogP contribution in [-0.4, -0.2) is 33.4 Å². The van der Waals surface area contributed by atoms with Crippen molar-refractivity contribution in [1.82, 2.24) is 31.1 Å². The van der Waals surface area contributed by atoms with Gasteiger partial charge in [0.05, 0.1) is 11.0 Å². The lowest BCUT2D eigenvalue weighted by atomic mass is 10.0. The third kappa shape index (κ3) is 3.74. The number of H-pyrrole nitrogens is 1. The number of carbonyl (C=O) groups excluding carboxylic acids is 1. The fourth-order valence-electron chi connectivity index (χ4n) is 3.24. The minimum Gasteiger partial charge on any atom is -0.355 e. The van der Waals surface area contributed by atoms with Crippen molar-refractivity contribution in [3.05, 3.63) is 60.2 Å². The Bertz CT molecular complexity index is 845. The van der Waals surface area contributed by atoms with Gasteiger partial charge in [-0.1, -0.05) is 18.2 Å². The summed E-state index contributed by atoms with van der Waals surface area (Å²) >= 11 is 0. The van der Waals surface area contributed by atoms with E-state index in [-0.39, 0.29) is 18.0 Å². The van der Waals surface area contributed by atoms with Crippen LogP contribution >= 0.6 is 0 Å². The number of benzene rings is 1. The molecule has 4 N–H and O–H groups in total. The first-order valence-electron chi connectivity index (χ1n) is 8.92. The molecule has 2 aromatic heterocycles. The fourth-order valence-corrected chi connectivity index (χ4v) is 3.24. The van der Waals surface area contributed by atoms with Crippen LogP contribution in [0, 0.1) is 0 Å². The van der Waals surface area contributed by atoms with Gasteiger partial charge in [-0.05, 0) is 36.6 Å². The van der Waals surface area contributed by atoms with Gasteiger partial charge in [0.1, 0.15) is 11.9 Å². The molecular weight excluding hydrogens is 328 g/mol. The summed E-state index contributed by atoms with van der Waals surface area (Å²) < 4.78 is 0. The largest absolute Gasteiger partial charge is 0.355 e. The molecule has 0 saturated carbocycles. The van der Waals surface area contributed by atoms with Crippen molar-refractivity contribution in [2.24, 2.45) is 0 Å². The first kappa shape index (κ1) is 16.7. The van der Waals surface area contributed by atoms with E-state index in [0.717, 1.165) is 35.3 Å². The van der Waals surface area contributed by atoms with Crippen LogP contribution in [-0.2, 0) is 11.2 Å². The zero-order chi connectivity index (χ0) is 17.8. The highest BCUT2D eigenvalue weighted by Crippen LogP contribution is 2.21. The van der Waals surface area contributed by atoms with Crippen LogP contribution in [0.2, 0.25) is 0 Å². The molecule has 1 aromatic carbocycles. The smallest absolute Gasteiger partial charge is 0.238 e. The average Bonchev–Trinajstić information content (AvgIpc) is 3.32. The normalized spacial score (nSPS) is 19.7. The van der Waals surface area contributed by atoms with Gasteiger partial charge in [-0.15, -0.1) is 0 Å². The molecule has 7 nitrogen and oxygen atoms in total. The number of carbonyl (C=O) groups is 1. The van der Waals surface area contributed by atoms with Crippen molar-refractivity contribution in [1.29, 1.82) is 0 Å². The zero-order valence-electron chi connectivity index (χ0n) is 14.4. The second-order valence-corrected chi connectivity index (χ2v) is 6.51. The average molecular weight is 350 g/mol. The van der Waals surface area contributed by atoms with E-state index >= 15 is 0 Å². The van der Waals surface area contributed by atoms with E-state index in [2.05, 4.69) is 31.1 Å². The van der Waals surface area contributed by atoms with Gasteiger partial charge in [0.25, 0.3) is 0 Å². The Hall–Kier alpha value is -2.77. The SMILES string of the molecule is O=C(NCCCc1nc2ccccc2[nH]1)C1CC(c2cccnc2)NN1. The van der Waals surface area contributed by atoms with Crippen LogP contribution in [0.5, 0.6) is 0 Å². The molecule has 0 radical (unpaired) electrons. The molecule has 2 unspecified atom stereocenters. The molecule has 3 heterocycles. The maximum absolute atomic E-state index is 12.3. The first-order chi connectivity index (χ1) is 12.8. The van der Waals surface area contributed by atoms with Crippen molar-refractivity contribution in [3.8, 4) is 0 Å². The van der Waals surface area contributed by atoms with Gasteiger partial charge in [0, 0.05) is 31.4 Å². The minimum atomic E-state index is -0.230. The molecule has 0 bridgehead atoms. The minimum absolute atomic E-state index is 0.0218. The van der Waals surface area contributed by atoms with E-state index in [1.54, 1.807) is 6.20 Å². The number of para-hydroxylation sites is 2. The number of rotatable bonds is 6. The third-order valence-electron chi connectivity index (χ3n) is 4.63. The summed E-state index contributed by atoms with van der Waals surface area (Å²) in [6.07, 6.45) is 5.94. The lowest BCUT2D eigenvalue weighted by molar-refractivity contribution is -0.122. The maximum atomic E-state index is 12.3.